The Morgan fingerprint density at radius 1 is 1.00 bits per heavy atom. The van der Waals surface area contributed by atoms with Crippen LogP contribution in [0.3, 0.4) is 0 Å². The smallest absolute Gasteiger partial charge is 0.246 e. The number of rotatable bonds is 6. The van der Waals surface area contributed by atoms with Gasteiger partial charge in [-0.05, 0) is 54.9 Å². The molecule has 0 aliphatic carbocycles. The summed E-state index contributed by atoms with van der Waals surface area (Å²) in [6.45, 7) is 3.89. The summed E-state index contributed by atoms with van der Waals surface area (Å²) in [7, 11) is 5.27. The first-order valence-corrected chi connectivity index (χ1v) is 12.7. The van der Waals surface area contributed by atoms with E-state index in [1.165, 1.54) is 0 Å². The molecular formula is C29H38N4O4. The van der Waals surface area contributed by atoms with Gasteiger partial charge in [0.2, 0.25) is 17.7 Å². The Bertz CT molecular complexity index is 1120. The van der Waals surface area contributed by atoms with Crippen molar-refractivity contribution in [2.45, 2.75) is 51.2 Å². The molecule has 1 aliphatic heterocycles. The number of likely N-dealkylation sites (N-methyl/N-ethyl adjacent to an activating group) is 1. The Morgan fingerprint density at radius 2 is 1.73 bits per heavy atom. The highest BCUT2D eigenvalue weighted by atomic mass is 16.5. The predicted octanol–water partition coefficient (Wildman–Crippen LogP) is 2.53. The zero-order valence-electron chi connectivity index (χ0n) is 22.3. The van der Waals surface area contributed by atoms with Gasteiger partial charge in [0.15, 0.2) is 0 Å². The predicted molar refractivity (Wildman–Crippen MR) is 145 cm³/mol. The van der Waals surface area contributed by atoms with Crippen LogP contribution < -0.4 is 20.7 Å². The quantitative estimate of drug-likeness (QED) is 0.559. The van der Waals surface area contributed by atoms with Gasteiger partial charge in [0.1, 0.15) is 17.8 Å². The van der Waals surface area contributed by atoms with Crippen molar-refractivity contribution in [1.82, 2.24) is 20.9 Å². The zero-order chi connectivity index (χ0) is 26.9. The van der Waals surface area contributed by atoms with Crippen LogP contribution in [0.15, 0.2) is 54.7 Å². The van der Waals surface area contributed by atoms with E-state index in [-0.39, 0.29) is 23.6 Å². The van der Waals surface area contributed by atoms with Gasteiger partial charge in [0.25, 0.3) is 0 Å². The van der Waals surface area contributed by atoms with Crippen LogP contribution in [0.2, 0.25) is 0 Å². The van der Waals surface area contributed by atoms with Crippen molar-refractivity contribution in [2.75, 3.05) is 21.2 Å². The van der Waals surface area contributed by atoms with Crippen molar-refractivity contribution in [1.29, 1.82) is 0 Å². The average molecular weight is 507 g/mol. The number of ether oxygens (including phenoxy) is 1. The molecule has 37 heavy (non-hydrogen) atoms. The van der Waals surface area contributed by atoms with Crippen LogP contribution in [0.4, 0.5) is 0 Å². The van der Waals surface area contributed by atoms with Crippen molar-refractivity contribution < 1.29 is 19.1 Å². The lowest BCUT2D eigenvalue weighted by molar-refractivity contribution is -0.134. The second-order valence-electron chi connectivity index (χ2n) is 9.72. The molecule has 8 heteroatoms. The molecular weight excluding hydrogens is 468 g/mol. The van der Waals surface area contributed by atoms with E-state index in [1.807, 2.05) is 81.4 Å². The van der Waals surface area contributed by atoms with E-state index in [2.05, 4.69) is 16.0 Å². The van der Waals surface area contributed by atoms with Crippen LogP contribution in [-0.2, 0) is 27.2 Å². The van der Waals surface area contributed by atoms with Gasteiger partial charge in [-0.15, -0.1) is 0 Å². The fraction of sp³-hybridized carbons (Fsp3) is 0.414. The first kappa shape index (κ1) is 27.9. The second-order valence-corrected chi connectivity index (χ2v) is 9.72. The highest BCUT2D eigenvalue weighted by Gasteiger charge is 2.33. The normalized spacial score (nSPS) is 21.8. The highest BCUT2D eigenvalue weighted by molar-refractivity contribution is 5.94. The monoisotopic (exact) mass is 506 g/mol. The van der Waals surface area contributed by atoms with E-state index in [0.29, 0.717) is 25.0 Å². The lowest BCUT2D eigenvalue weighted by Gasteiger charge is -2.30. The summed E-state index contributed by atoms with van der Waals surface area (Å²) < 4.78 is 5.55. The standard InChI is InChI=1S/C29H38N4O4/c1-6-19(2)26-29(36)31-23(17-20-10-8-7-9-11-20)27(34)30-15-14-21-12-13-25(37-5)22(16-21)18-24(33(3)4)28(35)32-26/h7-16,19,23-24,26H,6,17-18H2,1-5H3,(H,30,34)(H,31,36)(H,32,35). The number of hydrogen-bond acceptors (Lipinski definition) is 5. The van der Waals surface area contributed by atoms with E-state index in [0.717, 1.165) is 16.7 Å². The van der Waals surface area contributed by atoms with Gasteiger partial charge in [-0.1, -0.05) is 56.7 Å². The van der Waals surface area contributed by atoms with E-state index in [9.17, 15) is 14.4 Å². The molecule has 0 saturated heterocycles. The minimum atomic E-state index is -0.816. The van der Waals surface area contributed by atoms with Crippen molar-refractivity contribution in [2.24, 2.45) is 5.92 Å². The van der Waals surface area contributed by atoms with Crippen LogP contribution in [-0.4, -0.2) is 62.0 Å². The average Bonchev–Trinajstić information content (AvgIpc) is 2.89. The molecule has 0 spiro atoms. The van der Waals surface area contributed by atoms with Gasteiger partial charge in [-0.25, -0.2) is 0 Å². The maximum absolute atomic E-state index is 13.5. The Labute approximate surface area is 219 Å². The van der Waals surface area contributed by atoms with Crippen molar-refractivity contribution in [3.05, 3.63) is 71.4 Å². The largest absolute Gasteiger partial charge is 0.496 e. The van der Waals surface area contributed by atoms with Gasteiger partial charge in [0, 0.05) is 19.0 Å². The first-order valence-electron chi connectivity index (χ1n) is 12.7. The Morgan fingerprint density at radius 3 is 2.38 bits per heavy atom. The molecule has 0 aromatic heterocycles. The summed E-state index contributed by atoms with van der Waals surface area (Å²) in [5.74, 6) is -0.442. The van der Waals surface area contributed by atoms with E-state index in [1.54, 1.807) is 19.4 Å². The van der Waals surface area contributed by atoms with Crippen LogP contribution >= 0.6 is 0 Å². The topological polar surface area (TPSA) is 99.8 Å². The minimum absolute atomic E-state index is 0.138. The van der Waals surface area contributed by atoms with Crippen LogP contribution in [0.1, 0.15) is 37.0 Å². The number of carbonyl (C=O) groups excluding carboxylic acids is 3. The van der Waals surface area contributed by atoms with Gasteiger partial charge in [0.05, 0.1) is 13.2 Å². The summed E-state index contributed by atoms with van der Waals surface area (Å²) in [4.78, 5) is 42.1. The lowest BCUT2D eigenvalue weighted by Crippen LogP contribution is -2.58. The SMILES string of the molecule is CCC(C)C1NC(=O)C(N(C)C)Cc2cc(ccc2OC)C=CNC(=O)C(Cc2ccccc2)NC1=O. The van der Waals surface area contributed by atoms with Crippen molar-refractivity contribution >= 4 is 23.8 Å². The number of fused-ring (bicyclic) bond motifs is 2. The third-order valence-electron chi connectivity index (χ3n) is 6.85. The summed E-state index contributed by atoms with van der Waals surface area (Å²) in [5, 5.41) is 8.70. The molecule has 0 saturated carbocycles. The zero-order valence-corrected chi connectivity index (χ0v) is 22.3. The van der Waals surface area contributed by atoms with E-state index >= 15 is 0 Å². The number of carbonyl (C=O) groups is 3. The summed E-state index contributed by atoms with van der Waals surface area (Å²) in [6, 6.07) is 13.1. The Kier molecular flexibility index (Phi) is 9.85. The molecule has 3 amide bonds. The Hall–Kier alpha value is -3.65. The maximum Gasteiger partial charge on any atom is 0.246 e. The third-order valence-corrected chi connectivity index (χ3v) is 6.85. The number of amides is 3. The molecule has 3 N–H and O–H groups in total. The highest BCUT2D eigenvalue weighted by Crippen LogP contribution is 2.23. The number of hydrogen-bond donors (Lipinski definition) is 3. The minimum Gasteiger partial charge on any atom is -0.496 e. The van der Waals surface area contributed by atoms with Crippen molar-refractivity contribution in [3.63, 3.8) is 0 Å². The summed E-state index contributed by atoms with van der Waals surface area (Å²) in [6.07, 6.45) is 4.76. The van der Waals surface area contributed by atoms with E-state index in [4.69, 9.17) is 4.74 Å². The molecule has 0 radical (unpaired) electrons. The molecule has 1 heterocycles. The van der Waals surface area contributed by atoms with Gasteiger partial charge in [-0.3, -0.25) is 19.3 Å². The molecule has 2 bridgehead atoms. The lowest BCUT2D eigenvalue weighted by atomic mass is 9.95. The molecule has 4 atom stereocenters. The Balaban J connectivity index is 2.03. The first-order chi connectivity index (χ1) is 17.7. The van der Waals surface area contributed by atoms with Crippen LogP contribution in [0.25, 0.3) is 6.08 Å². The van der Waals surface area contributed by atoms with Crippen molar-refractivity contribution in [3.8, 4) is 5.75 Å². The molecule has 3 rings (SSSR count). The van der Waals surface area contributed by atoms with Gasteiger partial charge >= 0.3 is 0 Å². The van der Waals surface area contributed by atoms with E-state index < -0.39 is 18.1 Å². The number of methoxy groups -OCH3 is 1. The number of nitrogens with zero attached hydrogens (tertiary/aromatic N) is 1. The summed E-state index contributed by atoms with van der Waals surface area (Å²) in [5.41, 5.74) is 2.62. The third kappa shape index (κ3) is 7.43. The molecule has 4 unspecified atom stereocenters. The molecule has 2 aromatic rings. The number of benzene rings is 2. The molecule has 1 aliphatic rings. The second kappa shape index (κ2) is 13.1. The van der Waals surface area contributed by atoms with Crippen LogP contribution in [0.5, 0.6) is 5.75 Å². The fourth-order valence-corrected chi connectivity index (χ4v) is 4.37. The molecule has 0 fully saturated rings. The molecule has 8 nitrogen and oxygen atoms in total. The molecule has 198 valence electrons. The summed E-state index contributed by atoms with van der Waals surface area (Å²) >= 11 is 0. The number of nitrogens with one attached hydrogen (secondary N) is 3. The fourth-order valence-electron chi connectivity index (χ4n) is 4.37. The van der Waals surface area contributed by atoms with Gasteiger partial charge < -0.3 is 20.7 Å². The molecule has 2 aromatic carbocycles. The van der Waals surface area contributed by atoms with Crippen LogP contribution in [0, 0.1) is 5.92 Å². The van der Waals surface area contributed by atoms with Gasteiger partial charge in [-0.2, -0.15) is 0 Å². The maximum atomic E-state index is 13.5.